The van der Waals surface area contributed by atoms with Crippen LogP contribution in [0.25, 0.3) is 0 Å². The fourth-order valence-corrected chi connectivity index (χ4v) is 2.39. The van der Waals surface area contributed by atoms with Crippen LogP contribution in [-0.2, 0) is 0 Å². The average Bonchev–Trinajstić information content (AvgIpc) is 2.63. The number of hydrogen-bond acceptors (Lipinski definition) is 2. The standard InChI is InChI=1S/C22H21NO/c1-4-17-23(18-5-2)22(16-11-19-9-7-6-8-10-19)20-12-14-21(24-3)15-13-20/h1,5-10,12-15,22H,2,17-18H2,3H3. The van der Waals surface area contributed by atoms with Crippen molar-refractivity contribution in [2.45, 2.75) is 6.04 Å². The molecule has 0 aliphatic heterocycles. The van der Waals surface area contributed by atoms with E-state index in [4.69, 9.17) is 11.2 Å². The summed E-state index contributed by atoms with van der Waals surface area (Å²) in [7, 11) is 1.66. The first-order valence-corrected chi connectivity index (χ1v) is 7.77. The largest absolute Gasteiger partial charge is 0.497 e. The minimum absolute atomic E-state index is 0.106. The average molecular weight is 315 g/mol. The Morgan fingerprint density at radius 3 is 2.46 bits per heavy atom. The maximum absolute atomic E-state index is 5.53. The Hall–Kier alpha value is -2.94. The van der Waals surface area contributed by atoms with Gasteiger partial charge < -0.3 is 4.74 Å². The van der Waals surface area contributed by atoms with Crippen molar-refractivity contribution < 1.29 is 4.74 Å². The van der Waals surface area contributed by atoms with E-state index in [1.54, 1.807) is 7.11 Å². The smallest absolute Gasteiger partial charge is 0.118 e. The van der Waals surface area contributed by atoms with Gasteiger partial charge in [-0.3, -0.25) is 4.90 Å². The van der Waals surface area contributed by atoms with E-state index in [2.05, 4.69) is 29.2 Å². The SMILES string of the molecule is C#CCN(CC=C)C(C#Cc1ccccc1)c1ccc(OC)cc1. The Balaban J connectivity index is 2.38. The molecule has 0 radical (unpaired) electrons. The molecule has 24 heavy (non-hydrogen) atoms. The lowest BCUT2D eigenvalue weighted by atomic mass is 10.0. The molecule has 0 heterocycles. The molecule has 2 aromatic rings. The highest BCUT2D eigenvalue weighted by Gasteiger charge is 2.16. The number of terminal acetylenes is 1. The van der Waals surface area contributed by atoms with E-state index in [0.29, 0.717) is 13.1 Å². The molecule has 0 saturated carbocycles. The lowest BCUT2D eigenvalue weighted by molar-refractivity contribution is 0.297. The number of benzene rings is 2. The third-order valence-corrected chi connectivity index (χ3v) is 3.58. The highest BCUT2D eigenvalue weighted by molar-refractivity contribution is 5.39. The summed E-state index contributed by atoms with van der Waals surface area (Å²) in [6.07, 6.45) is 7.38. The minimum atomic E-state index is -0.106. The van der Waals surface area contributed by atoms with Crippen LogP contribution in [0, 0.1) is 24.2 Å². The van der Waals surface area contributed by atoms with E-state index < -0.39 is 0 Å². The second kappa shape index (κ2) is 9.26. The fraction of sp³-hybridized carbons (Fsp3) is 0.182. The van der Waals surface area contributed by atoms with Gasteiger partial charge in [-0.05, 0) is 29.8 Å². The van der Waals surface area contributed by atoms with Crippen molar-refractivity contribution in [2.24, 2.45) is 0 Å². The van der Waals surface area contributed by atoms with Crippen LogP contribution >= 0.6 is 0 Å². The van der Waals surface area contributed by atoms with E-state index in [-0.39, 0.29) is 6.04 Å². The molecule has 0 amide bonds. The molecular formula is C22H21NO. The number of nitrogens with zero attached hydrogens (tertiary/aromatic N) is 1. The quantitative estimate of drug-likeness (QED) is 0.592. The summed E-state index contributed by atoms with van der Waals surface area (Å²) in [6.45, 7) is 5.00. The lowest BCUT2D eigenvalue weighted by Crippen LogP contribution is -2.28. The van der Waals surface area contributed by atoms with Gasteiger partial charge in [0, 0.05) is 12.1 Å². The summed E-state index contributed by atoms with van der Waals surface area (Å²) >= 11 is 0. The van der Waals surface area contributed by atoms with Crippen LogP contribution in [0.2, 0.25) is 0 Å². The maximum atomic E-state index is 5.53. The molecule has 0 aromatic heterocycles. The molecule has 2 nitrogen and oxygen atoms in total. The first-order valence-electron chi connectivity index (χ1n) is 7.77. The van der Waals surface area contributed by atoms with Gasteiger partial charge in [0.25, 0.3) is 0 Å². The van der Waals surface area contributed by atoms with E-state index in [9.17, 15) is 0 Å². The van der Waals surface area contributed by atoms with Crippen LogP contribution in [0.15, 0.2) is 67.3 Å². The first kappa shape index (κ1) is 17.4. The third-order valence-electron chi connectivity index (χ3n) is 3.58. The second-order valence-corrected chi connectivity index (χ2v) is 5.23. The number of hydrogen-bond donors (Lipinski definition) is 0. The second-order valence-electron chi connectivity index (χ2n) is 5.23. The summed E-state index contributed by atoms with van der Waals surface area (Å²) in [4.78, 5) is 2.12. The molecule has 1 unspecified atom stereocenters. The predicted molar refractivity (Wildman–Crippen MR) is 99.7 cm³/mol. The Morgan fingerprint density at radius 1 is 1.17 bits per heavy atom. The van der Waals surface area contributed by atoms with Gasteiger partial charge in [-0.15, -0.1) is 13.0 Å². The zero-order chi connectivity index (χ0) is 17.2. The summed E-state index contributed by atoms with van der Waals surface area (Å²) in [6, 6.07) is 17.8. The van der Waals surface area contributed by atoms with Crippen LogP contribution in [0.4, 0.5) is 0 Å². The molecule has 2 heteroatoms. The fourth-order valence-electron chi connectivity index (χ4n) is 2.39. The van der Waals surface area contributed by atoms with Gasteiger partial charge in [-0.2, -0.15) is 0 Å². The van der Waals surface area contributed by atoms with Crippen molar-refractivity contribution in [2.75, 3.05) is 20.2 Å². The minimum Gasteiger partial charge on any atom is -0.497 e. The molecular weight excluding hydrogens is 294 g/mol. The molecule has 1 atom stereocenters. The Bertz CT molecular complexity index is 745. The molecule has 0 fully saturated rings. The van der Waals surface area contributed by atoms with Gasteiger partial charge in [0.2, 0.25) is 0 Å². The topological polar surface area (TPSA) is 12.5 Å². The molecule has 0 aliphatic rings. The van der Waals surface area contributed by atoms with Gasteiger partial charge in [-0.25, -0.2) is 0 Å². The van der Waals surface area contributed by atoms with Gasteiger partial charge in [0.15, 0.2) is 0 Å². The number of rotatable bonds is 6. The summed E-state index contributed by atoms with van der Waals surface area (Å²) in [5.41, 5.74) is 2.06. The van der Waals surface area contributed by atoms with Crippen LogP contribution in [0.1, 0.15) is 17.2 Å². The van der Waals surface area contributed by atoms with E-state index in [1.807, 2.05) is 60.7 Å². The normalized spacial score (nSPS) is 11.0. The zero-order valence-corrected chi connectivity index (χ0v) is 13.9. The molecule has 0 saturated heterocycles. The Morgan fingerprint density at radius 2 is 1.88 bits per heavy atom. The Labute approximate surface area is 144 Å². The highest BCUT2D eigenvalue weighted by Crippen LogP contribution is 2.22. The van der Waals surface area contributed by atoms with E-state index in [0.717, 1.165) is 16.9 Å². The number of ether oxygens (including phenoxy) is 1. The van der Waals surface area contributed by atoms with Gasteiger partial charge >= 0.3 is 0 Å². The van der Waals surface area contributed by atoms with Crippen LogP contribution < -0.4 is 4.74 Å². The van der Waals surface area contributed by atoms with E-state index >= 15 is 0 Å². The molecule has 0 aliphatic carbocycles. The van der Waals surface area contributed by atoms with Crippen molar-refractivity contribution in [3.8, 4) is 29.9 Å². The van der Waals surface area contributed by atoms with Gasteiger partial charge in [0.1, 0.15) is 5.75 Å². The molecule has 120 valence electrons. The predicted octanol–water partition coefficient (Wildman–Crippen LogP) is 3.91. The maximum Gasteiger partial charge on any atom is 0.118 e. The molecule has 0 spiro atoms. The van der Waals surface area contributed by atoms with Crippen molar-refractivity contribution in [1.29, 1.82) is 0 Å². The third kappa shape index (κ3) is 4.78. The van der Waals surface area contributed by atoms with Gasteiger partial charge in [0.05, 0.1) is 19.7 Å². The molecule has 0 bridgehead atoms. The van der Waals surface area contributed by atoms with Crippen molar-refractivity contribution >= 4 is 0 Å². The molecule has 2 aromatic carbocycles. The van der Waals surface area contributed by atoms with Crippen molar-refractivity contribution in [1.82, 2.24) is 4.90 Å². The van der Waals surface area contributed by atoms with Crippen LogP contribution in [0.3, 0.4) is 0 Å². The van der Waals surface area contributed by atoms with Crippen molar-refractivity contribution in [3.05, 3.63) is 78.4 Å². The summed E-state index contributed by atoms with van der Waals surface area (Å²) < 4.78 is 5.24. The molecule has 0 N–H and O–H groups in total. The van der Waals surface area contributed by atoms with Crippen LogP contribution in [-0.4, -0.2) is 25.1 Å². The zero-order valence-electron chi connectivity index (χ0n) is 13.9. The van der Waals surface area contributed by atoms with E-state index in [1.165, 1.54) is 0 Å². The number of methoxy groups -OCH3 is 1. The highest BCUT2D eigenvalue weighted by atomic mass is 16.5. The first-order chi connectivity index (χ1) is 11.8. The summed E-state index contributed by atoms with van der Waals surface area (Å²) in [5, 5.41) is 0. The van der Waals surface area contributed by atoms with Crippen LogP contribution in [0.5, 0.6) is 5.75 Å². The lowest BCUT2D eigenvalue weighted by Gasteiger charge is -2.25. The summed E-state index contributed by atoms with van der Waals surface area (Å²) in [5.74, 6) is 10.1. The monoisotopic (exact) mass is 315 g/mol. The molecule has 2 rings (SSSR count). The van der Waals surface area contributed by atoms with Gasteiger partial charge in [-0.1, -0.05) is 54.2 Å². The Kier molecular flexibility index (Phi) is 6.72. The van der Waals surface area contributed by atoms with Crippen molar-refractivity contribution in [3.63, 3.8) is 0 Å².